The van der Waals surface area contributed by atoms with Crippen LogP contribution >= 0.6 is 15.9 Å². The zero-order chi connectivity index (χ0) is 14.8. The van der Waals surface area contributed by atoms with Gasteiger partial charge in [0.05, 0.1) is 23.9 Å². The summed E-state index contributed by atoms with van der Waals surface area (Å²) in [4.78, 5) is 2.01. The second-order valence-corrected chi connectivity index (χ2v) is 5.90. The number of nitrogens with zero attached hydrogens (tertiary/aromatic N) is 1. The van der Waals surface area contributed by atoms with Crippen LogP contribution in [0.5, 0.6) is 0 Å². The highest BCUT2D eigenvalue weighted by Gasteiger charge is 2.31. The zero-order valence-electron chi connectivity index (χ0n) is 11.0. The van der Waals surface area contributed by atoms with E-state index < -0.39 is 11.7 Å². The fourth-order valence-electron chi connectivity index (χ4n) is 2.60. The molecule has 20 heavy (non-hydrogen) atoms. The van der Waals surface area contributed by atoms with Gasteiger partial charge in [-0.2, -0.15) is 13.2 Å². The van der Waals surface area contributed by atoms with Crippen molar-refractivity contribution in [2.45, 2.75) is 37.9 Å². The molecule has 0 spiro atoms. The minimum Gasteiger partial charge on any atom is -0.394 e. The van der Waals surface area contributed by atoms with E-state index in [0.717, 1.165) is 50.0 Å². The summed E-state index contributed by atoms with van der Waals surface area (Å²) in [5.74, 6) is 0. The Balaban J connectivity index is 2.31. The molecule has 1 fully saturated rings. The molecule has 1 atom stereocenters. The highest BCUT2D eigenvalue weighted by atomic mass is 79.9. The van der Waals surface area contributed by atoms with Crippen LogP contribution in [0, 0.1) is 0 Å². The van der Waals surface area contributed by atoms with Crippen molar-refractivity contribution >= 4 is 21.6 Å². The minimum absolute atomic E-state index is 0.0213. The molecule has 1 aliphatic rings. The molecule has 2 rings (SSSR count). The summed E-state index contributed by atoms with van der Waals surface area (Å²) < 4.78 is 38.4. The van der Waals surface area contributed by atoms with Gasteiger partial charge in [0, 0.05) is 11.0 Å². The van der Waals surface area contributed by atoms with Crippen molar-refractivity contribution in [1.29, 1.82) is 0 Å². The molecule has 1 aromatic rings. The van der Waals surface area contributed by atoms with Crippen molar-refractivity contribution in [3.05, 3.63) is 28.2 Å². The number of halogens is 4. The fourth-order valence-corrected chi connectivity index (χ4v) is 3.21. The van der Waals surface area contributed by atoms with Crippen molar-refractivity contribution < 1.29 is 18.3 Å². The molecule has 0 amide bonds. The van der Waals surface area contributed by atoms with Gasteiger partial charge in [-0.25, -0.2) is 0 Å². The van der Waals surface area contributed by atoms with Crippen molar-refractivity contribution in [3.63, 3.8) is 0 Å². The molecule has 1 saturated heterocycles. The summed E-state index contributed by atoms with van der Waals surface area (Å²) in [5.41, 5.74) is 0.0578. The second kappa shape index (κ2) is 6.35. The van der Waals surface area contributed by atoms with Crippen molar-refractivity contribution in [2.75, 3.05) is 18.1 Å². The smallest absolute Gasteiger partial charge is 0.394 e. The third-order valence-corrected chi connectivity index (χ3v) is 4.31. The highest BCUT2D eigenvalue weighted by molar-refractivity contribution is 9.10. The third kappa shape index (κ3) is 3.47. The Morgan fingerprint density at radius 3 is 2.60 bits per heavy atom. The normalized spacial score (nSPS) is 20.9. The number of aliphatic hydroxyl groups is 1. The van der Waals surface area contributed by atoms with Crippen LogP contribution in [0.3, 0.4) is 0 Å². The summed E-state index contributed by atoms with van der Waals surface area (Å²) in [7, 11) is 0. The largest absolute Gasteiger partial charge is 0.416 e. The number of alkyl halides is 3. The van der Waals surface area contributed by atoms with Gasteiger partial charge in [0.15, 0.2) is 0 Å². The van der Waals surface area contributed by atoms with Crippen LogP contribution in [-0.2, 0) is 6.18 Å². The lowest BCUT2D eigenvalue weighted by atomic mass is 10.1. The first-order valence-electron chi connectivity index (χ1n) is 6.67. The Hall–Kier alpha value is -0.750. The van der Waals surface area contributed by atoms with Gasteiger partial charge in [0.1, 0.15) is 0 Å². The monoisotopic (exact) mass is 351 g/mol. The van der Waals surface area contributed by atoms with Crippen LogP contribution in [0.2, 0.25) is 0 Å². The van der Waals surface area contributed by atoms with Crippen molar-refractivity contribution in [3.8, 4) is 0 Å². The topological polar surface area (TPSA) is 23.5 Å². The summed E-state index contributed by atoms with van der Waals surface area (Å²) in [6.07, 6.45) is -0.352. The first-order chi connectivity index (χ1) is 9.43. The fraction of sp³-hybridized carbons (Fsp3) is 0.571. The Bertz CT molecular complexity index is 464. The van der Waals surface area contributed by atoms with Gasteiger partial charge >= 0.3 is 6.18 Å². The minimum atomic E-state index is -4.34. The number of hydrogen-bond acceptors (Lipinski definition) is 2. The molecule has 0 saturated carbocycles. The van der Waals surface area contributed by atoms with Crippen LogP contribution in [-0.4, -0.2) is 24.3 Å². The molecule has 0 radical (unpaired) electrons. The maximum Gasteiger partial charge on any atom is 0.416 e. The van der Waals surface area contributed by atoms with E-state index in [1.54, 1.807) is 0 Å². The molecule has 0 bridgehead atoms. The quantitative estimate of drug-likeness (QED) is 0.862. The zero-order valence-corrected chi connectivity index (χ0v) is 12.5. The lowest BCUT2D eigenvalue weighted by molar-refractivity contribution is -0.137. The van der Waals surface area contributed by atoms with Crippen molar-refractivity contribution in [1.82, 2.24) is 0 Å². The molecule has 1 aromatic carbocycles. The predicted molar refractivity (Wildman–Crippen MR) is 75.8 cm³/mol. The van der Waals surface area contributed by atoms with E-state index >= 15 is 0 Å². The number of hydrogen-bond donors (Lipinski definition) is 1. The SMILES string of the molecule is OCC1CCCCCN1c1ccc(C(F)(F)F)cc1Br. The molecule has 0 aromatic heterocycles. The van der Waals surface area contributed by atoms with Crippen LogP contribution in [0.4, 0.5) is 18.9 Å². The average molecular weight is 352 g/mol. The predicted octanol–water partition coefficient (Wildman–Crippen LogP) is 4.21. The number of benzene rings is 1. The molecular weight excluding hydrogens is 335 g/mol. The van der Waals surface area contributed by atoms with Gasteiger partial charge in [-0.3, -0.25) is 0 Å². The lowest BCUT2D eigenvalue weighted by Gasteiger charge is -2.32. The van der Waals surface area contributed by atoms with Gasteiger partial charge in [-0.05, 0) is 47.0 Å². The molecule has 1 heterocycles. The number of rotatable bonds is 2. The number of anilines is 1. The highest BCUT2D eigenvalue weighted by Crippen LogP contribution is 2.36. The first-order valence-corrected chi connectivity index (χ1v) is 7.47. The molecule has 1 N–H and O–H groups in total. The van der Waals surface area contributed by atoms with Crippen LogP contribution < -0.4 is 4.90 Å². The number of aliphatic hydroxyl groups excluding tert-OH is 1. The molecular formula is C14H17BrF3NO. The van der Waals surface area contributed by atoms with Crippen LogP contribution in [0.1, 0.15) is 31.2 Å². The van der Waals surface area contributed by atoms with E-state index in [4.69, 9.17) is 0 Å². The first kappa shape index (κ1) is 15.6. The van der Waals surface area contributed by atoms with E-state index in [1.807, 2.05) is 4.90 Å². The summed E-state index contributed by atoms with van der Waals surface area (Å²) in [6, 6.07) is 3.67. The summed E-state index contributed by atoms with van der Waals surface area (Å²) in [6.45, 7) is 0.780. The Labute approximate surface area is 124 Å². The van der Waals surface area contributed by atoms with Gasteiger partial charge in [-0.1, -0.05) is 12.8 Å². The van der Waals surface area contributed by atoms with Crippen LogP contribution in [0.25, 0.3) is 0 Å². The second-order valence-electron chi connectivity index (χ2n) is 5.04. The average Bonchev–Trinajstić information content (AvgIpc) is 2.62. The Kier molecular flexibility index (Phi) is 4.96. The molecule has 112 valence electrons. The van der Waals surface area contributed by atoms with E-state index in [-0.39, 0.29) is 12.6 Å². The van der Waals surface area contributed by atoms with Gasteiger partial charge in [0.2, 0.25) is 0 Å². The lowest BCUT2D eigenvalue weighted by Crippen LogP contribution is -2.37. The molecule has 6 heteroatoms. The molecule has 2 nitrogen and oxygen atoms in total. The molecule has 0 aliphatic carbocycles. The Morgan fingerprint density at radius 1 is 1.25 bits per heavy atom. The third-order valence-electron chi connectivity index (χ3n) is 3.67. The maximum absolute atomic E-state index is 12.7. The van der Waals surface area contributed by atoms with Gasteiger partial charge in [-0.15, -0.1) is 0 Å². The molecule has 1 aliphatic heterocycles. The summed E-state index contributed by atoms with van der Waals surface area (Å²) in [5, 5.41) is 9.49. The van der Waals surface area contributed by atoms with Crippen LogP contribution in [0.15, 0.2) is 22.7 Å². The standard InChI is InChI=1S/C14H17BrF3NO/c15-12-8-10(14(16,17)18)5-6-13(12)19-7-3-1-2-4-11(19)9-20/h5-6,8,11,20H,1-4,7,9H2. The maximum atomic E-state index is 12.7. The van der Waals surface area contributed by atoms with E-state index in [9.17, 15) is 18.3 Å². The molecule has 1 unspecified atom stereocenters. The summed E-state index contributed by atoms with van der Waals surface area (Å²) >= 11 is 3.23. The van der Waals surface area contributed by atoms with E-state index in [2.05, 4.69) is 15.9 Å². The Morgan fingerprint density at radius 2 is 2.00 bits per heavy atom. The van der Waals surface area contributed by atoms with Crippen molar-refractivity contribution in [2.24, 2.45) is 0 Å². The van der Waals surface area contributed by atoms with E-state index in [0.29, 0.717) is 4.47 Å². The van der Waals surface area contributed by atoms with Gasteiger partial charge < -0.3 is 10.0 Å². The van der Waals surface area contributed by atoms with E-state index in [1.165, 1.54) is 6.07 Å². The van der Waals surface area contributed by atoms with Gasteiger partial charge in [0.25, 0.3) is 0 Å².